The number of hydrogen-bond donors (Lipinski definition) is 1. The number of nitrogens with zero attached hydrogens (tertiary/aromatic N) is 2. The zero-order valence-electron chi connectivity index (χ0n) is 19.5. The Morgan fingerprint density at radius 2 is 1.69 bits per heavy atom. The maximum Gasteiger partial charge on any atom is 0.254 e. The van der Waals surface area contributed by atoms with E-state index < -0.39 is 5.54 Å². The number of H-pyrrole nitrogens is 1. The van der Waals surface area contributed by atoms with Gasteiger partial charge < -0.3 is 14.8 Å². The fraction of sp³-hybridized carbons (Fsp3) is 0.241. The number of hydrogen-bond acceptors (Lipinski definition) is 2. The van der Waals surface area contributed by atoms with Crippen LogP contribution in [-0.2, 0) is 21.5 Å². The SMILES string of the molecule is C[C@]12C(=O)N(CCc3ccccc3)CC(=O)N1C[C@@H](c1ccc(Cl)cc1)c1c2[nH]c2ccccc12. The summed E-state index contributed by atoms with van der Waals surface area (Å²) in [6.07, 6.45) is 0.711. The highest BCUT2D eigenvalue weighted by Gasteiger charge is 2.56. The van der Waals surface area contributed by atoms with Gasteiger partial charge in [0.1, 0.15) is 0 Å². The number of benzene rings is 3. The number of aromatic amines is 1. The molecule has 2 amide bonds. The molecule has 1 saturated heterocycles. The highest BCUT2D eigenvalue weighted by molar-refractivity contribution is 6.30. The summed E-state index contributed by atoms with van der Waals surface area (Å²) in [5.74, 6) is -0.113. The molecule has 0 saturated carbocycles. The molecule has 1 fully saturated rings. The van der Waals surface area contributed by atoms with Gasteiger partial charge in [-0.3, -0.25) is 9.59 Å². The van der Waals surface area contributed by atoms with Gasteiger partial charge in [-0.1, -0.05) is 72.3 Å². The van der Waals surface area contributed by atoms with E-state index in [0.29, 0.717) is 24.5 Å². The van der Waals surface area contributed by atoms with Crippen molar-refractivity contribution in [3.05, 3.63) is 106 Å². The van der Waals surface area contributed by atoms with Crippen LogP contribution in [0.15, 0.2) is 78.9 Å². The third-order valence-electron chi connectivity index (χ3n) is 7.60. The van der Waals surface area contributed by atoms with E-state index in [1.165, 1.54) is 0 Å². The van der Waals surface area contributed by atoms with E-state index in [1.807, 2.05) is 67.6 Å². The van der Waals surface area contributed by atoms with Crippen molar-refractivity contribution < 1.29 is 9.59 Å². The molecule has 5 nitrogen and oxygen atoms in total. The van der Waals surface area contributed by atoms with Gasteiger partial charge in [0.25, 0.3) is 5.91 Å². The van der Waals surface area contributed by atoms with Crippen molar-refractivity contribution in [3.63, 3.8) is 0 Å². The van der Waals surface area contributed by atoms with Gasteiger partial charge in [-0.25, -0.2) is 0 Å². The number of aromatic nitrogens is 1. The lowest BCUT2D eigenvalue weighted by Crippen LogP contribution is -2.67. The van der Waals surface area contributed by atoms with Crippen molar-refractivity contribution in [2.45, 2.75) is 24.8 Å². The molecule has 0 spiro atoms. The summed E-state index contributed by atoms with van der Waals surface area (Å²) in [4.78, 5) is 34.7. The molecule has 35 heavy (non-hydrogen) atoms. The predicted octanol–water partition coefficient (Wildman–Crippen LogP) is 5.10. The smallest absolute Gasteiger partial charge is 0.254 e. The molecule has 0 aliphatic carbocycles. The van der Waals surface area contributed by atoms with Gasteiger partial charge in [0.2, 0.25) is 5.91 Å². The number of halogens is 1. The van der Waals surface area contributed by atoms with Crippen LogP contribution in [0.2, 0.25) is 5.02 Å². The fourth-order valence-electron chi connectivity index (χ4n) is 5.76. The van der Waals surface area contributed by atoms with Crippen molar-refractivity contribution in [2.75, 3.05) is 19.6 Å². The van der Waals surface area contributed by atoms with E-state index in [4.69, 9.17) is 11.6 Å². The molecule has 2 aliphatic heterocycles. The lowest BCUT2D eigenvalue weighted by Gasteiger charge is -2.51. The van der Waals surface area contributed by atoms with Crippen molar-refractivity contribution in [1.82, 2.24) is 14.8 Å². The van der Waals surface area contributed by atoms with Gasteiger partial charge in [-0.2, -0.15) is 0 Å². The number of fused-ring (bicyclic) bond motifs is 5. The van der Waals surface area contributed by atoms with E-state index in [9.17, 15) is 9.59 Å². The molecule has 176 valence electrons. The first-order valence-electron chi connectivity index (χ1n) is 12.0. The number of carbonyl (C=O) groups is 2. The van der Waals surface area contributed by atoms with Crippen LogP contribution in [0.3, 0.4) is 0 Å². The molecule has 2 atom stereocenters. The first kappa shape index (κ1) is 21.9. The topological polar surface area (TPSA) is 56.4 Å². The monoisotopic (exact) mass is 483 g/mol. The summed E-state index contributed by atoms with van der Waals surface area (Å²) in [7, 11) is 0. The Hall–Kier alpha value is -3.57. The van der Waals surface area contributed by atoms with Gasteiger partial charge in [0.05, 0.1) is 12.2 Å². The molecule has 1 N–H and O–H groups in total. The third kappa shape index (κ3) is 3.45. The minimum absolute atomic E-state index is 0.0246. The summed E-state index contributed by atoms with van der Waals surface area (Å²) in [5.41, 5.74) is 4.03. The maximum atomic E-state index is 14.1. The molecule has 3 aromatic carbocycles. The molecule has 3 heterocycles. The number of para-hydroxylation sites is 1. The summed E-state index contributed by atoms with van der Waals surface area (Å²) >= 11 is 6.17. The highest BCUT2D eigenvalue weighted by atomic mass is 35.5. The van der Waals surface area contributed by atoms with Gasteiger partial charge >= 0.3 is 0 Å². The van der Waals surface area contributed by atoms with Crippen molar-refractivity contribution >= 4 is 34.3 Å². The quantitative estimate of drug-likeness (QED) is 0.439. The molecule has 0 unspecified atom stereocenters. The van der Waals surface area contributed by atoms with E-state index in [-0.39, 0.29) is 24.3 Å². The highest BCUT2D eigenvalue weighted by Crippen LogP contribution is 2.48. The Balaban J connectivity index is 1.45. The van der Waals surface area contributed by atoms with Crippen LogP contribution < -0.4 is 0 Å². The summed E-state index contributed by atoms with van der Waals surface area (Å²) < 4.78 is 0. The zero-order chi connectivity index (χ0) is 24.2. The second kappa shape index (κ2) is 8.28. The minimum Gasteiger partial charge on any atom is -0.356 e. The van der Waals surface area contributed by atoms with E-state index in [2.05, 4.69) is 23.2 Å². The van der Waals surface area contributed by atoms with E-state index in [1.54, 1.807) is 9.80 Å². The van der Waals surface area contributed by atoms with Crippen molar-refractivity contribution in [3.8, 4) is 0 Å². The minimum atomic E-state index is -1.08. The molecule has 1 aromatic heterocycles. The first-order valence-corrected chi connectivity index (χ1v) is 12.3. The van der Waals surface area contributed by atoms with Crippen molar-refractivity contribution in [1.29, 1.82) is 0 Å². The van der Waals surface area contributed by atoms with Crippen LogP contribution in [0.5, 0.6) is 0 Å². The Morgan fingerprint density at radius 1 is 0.971 bits per heavy atom. The Bertz CT molecular complexity index is 1430. The summed E-state index contributed by atoms with van der Waals surface area (Å²) in [5, 5.41) is 1.76. The zero-order valence-corrected chi connectivity index (χ0v) is 20.3. The second-order valence-corrected chi connectivity index (χ2v) is 10.0. The van der Waals surface area contributed by atoms with E-state index >= 15 is 0 Å². The normalized spacial score (nSPS) is 21.8. The van der Waals surface area contributed by atoms with E-state index in [0.717, 1.165) is 33.3 Å². The lowest BCUT2D eigenvalue weighted by molar-refractivity contribution is -0.166. The number of carbonyl (C=O) groups excluding carboxylic acids is 2. The average Bonchev–Trinajstić information content (AvgIpc) is 3.28. The Kier molecular flexibility index (Phi) is 5.19. The van der Waals surface area contributed by atoms with Gasteiger partial charge in [0, 0.05) is 34.9 Å². The number of nitrogens with one attached hydrogen (secondary N) is 1. The number of rotatable bonds is 4. The Morgan fingerprint density at radius 3 is 2.46 bits per heavy atom. The lowest BCUT2D eigenvalue weighted by atomic mass is 9.76. The predicted molar refractivity (Wildman–Crippen MR) is 137 cm³/mol. The van der Waals surface area contributed by atoms with Crippen LogP contribution in [0, 0.1) is 0 Å². The number of amides is 2. The van der Waals surface area contributed by atoms with Gasteiger partial charge in [-0.05, 0) is 48.2 Å². The Labute approximate surface area is 209 Å². The summed E-state index contributed by atoms with van der Waals surface area (Å²) in [6.45, 7) is 2.95. The van der Waals surface area contributed by atoms with Crippen LogP contribution in [0.25, 0.3) is 10.9 Å². The molecule has 0 radical (unpaired) electrons. The van der Waals surface area contributed by atoms with Crippen molar-refractivity contribution in [2.24, 2.45) is 0 Å². The number of piperazine rings is 1. The largest absolute Gasteiger partial charge is 0.356 e. The van der Waals surface area contributed by atoms with Crippen LogP contribution in [0.4, 0.5) is 0 Å². The fourth-order valence-corrected chi connectivity index (χ4v) is 5.89. The average molecular weight is 484 g/mol. The molecule has 2 aliphatic rings. The first-order chi connectivity index (χ1) is 17.0. The van der Waals surface area contributed by atoms with Crippen LogP contribution >= 0.6 is 11.6 Å². The molecular weight excluding hydrogens is 458 g/mol. The second-order valence-electron chi connectivity index (χ2n) is 9.60. The molecule has 4 aromatic rings. The molecule has 0 bridgehead atoms. The molecular formula is C29H26ClN3O2. The van der Waals surface area contributed by atoms with Crippen LogP contribution in [-0.4, -0.2) is 46.2 Å². The molecule has 6 heteroatoms. The van der Waals surface area contributed by atoms with Gasteiger partial charge in [0.15, 0.2) is 5.54 Å². The third-order valence-corrected chi connectivity index (χ3v) is 7.85. The summed E-state index contributed by atoms with van der Waals surface area (Å²) in [6, 6.07) is 26.0. The molecule has 6 rings (SSSR count). The van der Waals surface area contributed by atoms with Crippen LogP contribution in [0.1, 0.15) is 35.2 Å². The standard InChI is InChI=1S/C29H26ClN3O2/c1-29-27-26(22-9-5-6-10-24(22)31-27)23(20-11-13-21(30)14-12-20)17-33(29)25(34)18-32(28(29)35)16-15-19-7-3-2-4-8-19/h2-14,23,31H,15-18H2,1H3/t23-,29-/m0/s1. The van der Waals surface area contributed by atoms with Gasteiger partial charge in [-0.15, -0.1) is 0 Å². The maximum absolute atomic E-state index is 14.1.